The molecule has 0 saturated carbocycles. The summed E-state index contributed by atoms with van der Waals surface area (Å²) >= 11 is 0. The van der Waals surface area contributed by atoms with Crippen molar-refractivity contribution in [2.75, 3.05) is 0 Å². The van der Waals surface area contributed by atoms with Crippen LogP contribution in [0.4, 0.5) is 0 Å². The minimum absolute atomic E-state index is 0.0256. The molecule has 0 amide bonds. The van der Waals surface area contributed by atoms with Crippen molar-refractivity contribution in [3.63, 3.8) is 0 Å². The van der Waals surface area contributed by atoms with Crippen LogP contribution in [0.25, 0.3) is 10.9 Å². The van der Waals surface area contributed by atoms with Gasteiger partial charge in [-0.3, -0.25) is 14.2 Å². The standard InChI is InChI=1S/C32H39NO3/c1-2-3-4-5-6-7-8-9-10-11-12-13-14-15-16-17-18-19-20-25-31(34)33-27-28(26-32(35)36)29-23-21-22-24-30(29)33/h3-4,6-7,9-10,12-13,15-16,18-19,21-24,27H,2,5,8,11,14,17,20,25-26H2,1H3,(H,35,36)/b4-3-,7-6-,10-9-,13-12-,16-15-,19-18-. The van der Waals surface area contributed by atoms with Crippen LogP contribution in [-0.4, -0.2) is 21.6 Å². The number of hydrogen-bond donors (Lipinski definition) is 1. The zero-order valence-corrected chi connectivity index (χ0v) is 21.4. The minimum Gasteiger partial charge on any atom is -0.481 e. The van der Waals surface area contributed by atoms with E-state index in [1.165, 1.54) is 0 Å². The summed E-state index contributed by atoms with van der Waals surface area (Å²) in [7, 11) is 0. The van der Waals surface area contributed by atoms with E-state index in [0.717, 1.165) is 49.4 Å². The minimum atomic E-state index is -0.900. The normalized spacial score (nSPS) is 12.7. The van der Waals surface area contributed by atoms with Crippen molar-refractivity contribution in [1.82, 2.24) is 4.57 Å². The number of aliphatic carboxylic acids is 1. The number of rotatable bonds is 16. The Balaban J connectivity index is 1.62. The van der Waals surface area contributed by atoms with Crippen LogP contribution < -0.4 is 0 Å². The van der Waals surface area contributed by atoms with Crippen LogP contribution in [0.5, 0.6) is 0 Å². The van der Waals surface area contributed by atoms with Crippen molar-refractivity contribution in [1.29, 1.82) is 0 Å². The number of hydrogen-bond acceptors (Lipinski definition) is 2. The molecule has 0 spiro atoms. The highest BCUT2D eigenvalue weighted by Crippen LogP contribution is 2.22. The second-order valence-electron chi connectivity index (χ2n) is 8.46. The molecule has 0 radical (unpaired) electrons. The van der Waals surface area contributed by atoms with Gasteiger partial charge in [0.1, 0.15) is 0 Å². The molecule has 1 heterocycles. The molecule has 0 aliphatic heterocycles. The highest BCUT2D eigenvalue weighted by Gasteiger charge is 2.14. The fourth-order valence-corrected chi connectivity index (χ4v) is 3.73. The second kappa shape index (κ2) is 17.7. The molecule has 2 rings (SSSR count). The van der Waals surface area contributed by atoms with Crippen molar-refractivity contribution in [3.8, 4) is 0 Å². The molecular weight excluding hydrogens is 446 g/mol. The zero-order valence-electron chi connectivity index (χ0n) is 21.4. The first kappa shape index (κ1) is 28.6. The predicted octanol–water partition coefficient (Wildman–Crippen LogP) is 8.39. The lowest BCUT2D eigenvalue weighted by Gasteiger charge is -2.02. The molecule has 0 aliphatic carbocycles. The van der Waals surface area contributed by atoms with E-state index in [0.29, 0.717) is 18.4 Å². The monoisotopic (exact) mass is 485 g/mol. The molecule has 0 fully saturated rings. The number of carboxylic acids is 1. The van der Waals surface area contributed by atoms with Crippen LogP contribution in [0.15, 0.2) is 103 Å². The van der Waals surface area contributed by atoms with E-state index in [1.807, 2.05) is 30.3 Å². The van der Waals surface area contributed by atoms with Crippen LogP contribution in [-0.2, 0) is 11.2 Å². The van der Waals surface area contributed by atoms with E-state index in [-0.39, 0.29) is 12.3 Å². The summed E-state index contributed by atoms with van der Waals surface area (Å²) in [6.45, 7) is 2.15. The molecule has 1 aromatic heterocycles. The quantitative estimate of drug-likeness (QED) is 0.243. The summed E-state index contributed by atoms with van der Waals surface area (Å²) in [4.78, 5) is 23.8. The molecule has 2 aromatic rings. The number of carbonyl (C=O) groups excluding carboxylic acids is 1. The van der Waals surface area contributed by atoms with Gasteiger partial charge in [-0.1, -0.05) is 98.0 Å². The second-order valence-corrected chi connectivity index (χ2v) is 8.46. The van der Waals surface area contributed by atoms with Crippen molar-refractivity contribution in [2.45, 2.75) is 64.7 Å². The lowest BCUT2D eigenvalue weighted by atomic mass is 10.1. The van der Waals surface area contributed by atoms with Gasteiger partial charge in [0.15, 0.2) is 0 Å². The third kappa shape index (κ3) is 11.2. The van der Waals surface area contributed by atoms with Gasteiger partial charge in [0.25, 0.3) is 0 Å². The summed E-state index contributed by atoms with van der Waals surface area (Å²) in [6, 6.07) is 7.44. The van der Waals surface area contributed by atoms with Crippen molar-refractivity contribution in [2.24, 2.45) is 0 Å². The van der Waals surface area contributed by atoms with Crippen molar-refractivity contribution >= 4 is 22.8 Å². The highest BCUT2D eigenvalue weighted by molar-refractivity contribution is 5.95. The van der Waals surface area contributed by atoms with E-state index in [9.17, 15) is 9.59 Å². The molecule has 4 heteroatoms. The number of aromatic nitrogens is 1. The Bertz CT molecular complexity index is 1130. The van der Waals surface area contributed by atoms with Crippen LogP contribution >= 0.6 is 0 Å². The van der Waals surface area contributed by atoms with Crippen molar-refractivity contribution in [3.05, 3.63) is 109 Å². The maximum absolute atomic E-state index is 12.7. The van der Waals surface area contributed by atoms with Gasteiger partial charge in [-0.05, 0) is 56.6 Å². The van der Waals surface area contributed by atoms with Crippen LogP contribution in [0.1, 0.15) is 68.6 Å². The highest BCUT2D eigenvalue weighted by atomic mass is 16.4. The van der Waals surface area contributed by atoms with Gasteiger partial charge in [0.05, 0.1) is 11.9 Å². The number of allylic oxidation sites excluding steroid dienone is 12. The molecule has 36 heavy (non-hydrogen) atoms. The molecule has 0 bridgehead atoms. The average molecular weight is 486 g/mol. The average Bonchev–Trinajstić information content (AvgIpc) is 3.23. The van der Waals surface area contributed by atoms with Gasteiger partial charge in [-0.25, -0.2) is 0 Å². The third-order valence-electron chi connectivity index (χ3n) is 5.53. The van der Waals surface area contributed by atoms with Crippen LogP contribution in [0.3, 0.4) is 0 Å². The molecule has 0 saturated heterocycles. The van der Waals surface area contributed by atoms with E-state index in [1.54, 1.807) is 10.8 Å². The van der Waals surface area contributed by atoms with Gasteiger partial charge in [-0.2, -0.15) is 0 Å². The van der Waals surface area contributed by atoms with Gasteiger partial charge in [-0.15, -0.1) is 0 Å². The predicted molar refractivity (Wildman–Crippen MR) is 151 cm³/mol. The largest absolute Gasteiger partial charge is 0.481 e. The molecular formula is C32H39NO3. The van der Waals surface area contributed by atoms with Gasteiger partial charge in [0.2, 0.25) is 5.91 Å². The van der Waals surface area contributed by atoms with Gasteiger partial charge in [0, 0.05) is 18.0 Å². The number of nitrogens with zero attached hydrogens (tertiary/aromatic N) is 1. The van der Waals surface area contributed by atoms with E-state index < -0.39 is 5.97 Å². The topological polar surface area (TPSA) is 59.3 Å². The third-order valence-corrected chi connectivity index (χ3v) is 5.53. The number of para-hydroxylation sites is 1. The van der Waals surface area contributed by atoms with E-state index >= 15 is 0 Å². The van der Waals surface area contributed by atoms with Crippen molar-refractivity contribution < 1.29 is 14.7 Å². The fourth-order valence-electron chi connectivity index (χ4n) is 3.73. The molecule has 0 atom stereocenters. The molecule has 1 N–H and O–H groups in total. The molecule has 0 aliphatic rings. The Morgan fingerprint density at radius 3 is 1.78 bits per heavy atom. The van der Waals surface area contributed by atoms with Crippen LogP contribution in [0, 0.1) is 0 Å². The maximum atomic E-state index is 12.7. The molecule has 1 aromatic carbocycles. The maximum Gasteiger partial charge on any atom is 0.307 e. The molecule has 190 valence electrons. The first-order valence-corrected chi connectivity index (χ1v) is 12.9. The first-order valence-electron chi connectivity index (χ1n) is 12.9. The Kier molecular flexibility index (Phi) is 14.1. The smallest absolute Gasteiger partial charge is 0.307 e. The lowest BCUT2D eigenvalue weighted by molar-refractivity contribution is -0.136. The number of benzene rings is 1. The molecule has 4 nitrogen and oxygen atoms in total. The summed E-state index contributed by atoms with van der Waals surface area (Å²) in [5, 5.41) is 9.96. The lowest BCUT2D eigenvalue weighted by Crippen LogP contribution is -2.08. The SMILES string of the molecule is CC/C=C\C/C=C\C/C=C\C/C=C\C/C=C\C/C=C\CCC(=O)n1cc(CC(=O)O)c2ccccc21. The Morgan fingerprint density at radius 2 is 1.25 bits per heavy atom. The fraction of sp³-hybridized carbons (Fsp3) is 0.312. The summed E-state index contributed by atoms with van der Waals surface area (Å²) in [6.07, 6.45) is 34.4. The first-order chi connectivity index (χ1) is 17.6. The van der Waals surface area contributed by atoms with Gasteiger partial charge >= 0.3 is 5.97 Å². The summed E-state index contributed by atoms with van der Waals surface area (Å²) in [5.74, 6) is -0.925. The number of fused-ring (bicyclic) bond motifs is 1. The molecule has 0 unspecified atom stereocenters. The Labute approximate surface area is 215 Å². The Morgan fingerprint density at radius 1 is 0.750 bits per heavy atom. The summed E-state index contributed by atoms with van der Waals surface area (Å²) < 4.78 is 1.59. The van der Waals surface area contributed by atoms with E-state index in [2.05, 4.69) is 73.8 Å². The van der Waals surface area contributed by atoms with E-state index in [4.69, 9.17) is 5.11 Å². The number of carbonyl (C=O) groups is 2. The van der Waals surface area contributed by atoms with Crippen LogP contribution in [0.2, 0.25) is 0 Å². The van der Waals surface area contributed by atoms with Gasteiger partial charge < -0.3 is 5.11 Å². The zero-order chi connectivity index (χ0) is 25.8. The summed E-state index contributed by atoms with van der Waals surface area (Å²) in [5.41, 5.74) is 1.43. The Hall–Kier alpha value is -3.66. The number of carboxylic acid groups (broad SMARTS) is 1.